The first-order valence-electron chi connectivity index (χ1n) is 10.1. The molecule has 3 aliphatic rings. The summed E-state index contributed by atoms with van der Waals surface area (Å²) in [6.07, 6.45) is 0.549. The number of nitrogens with zero attached hydrogens (tertiary/aromatic N) is 2. The highest BCUT2D eigenvalue weighted by Crippen LogP contribution is 2.51. The summed E-state index contributed by atoms with van der Waals surface area (Å²) >= 11 is 0. The minimum atomic E-state index is -1.47. The highest BCUT2D eigenvalue weighted by Gasteiger charge is 2.57. The van der Waals surface area contributed by atoms with Crippen molar-refractivity contribution in [1.29, 1.82) is 0 Å². The maximum atomic E-state index is 15.3. The van der Waals surface area contributed by atoms with Gasteiger partial charge in [0.25, 0.3) is 0 Å². The van der Waals surface area contributed by atoms with Crippen molar-refractivity contribution in [3.05, 3.63) is 33.9 Å². The van der Waals surface area contributed by atoms with Crippen molar-refractivity contribution in [1.82, 2.24) is 4.57 Å². The molecule has 0 amide bonds. The zero-order valence-electron chi connectivity index (χ0n) is 16.8. The zero-order valence-corrected chi connectivity index (χ0v) is 16.8. The molecule has 1 aromatic carbocycles. The summed E-state index contributed by atoms with van der Waals surface area (Å²) in [6.45, 7) is 0.127. The lowest BCUT2D eigenvalue weighted by molar-refractivity contribution is 0.0629. The number of hydrogen-bond donors (Lipinski definition) is 2. The third kappa shape index (κ3) is 2.77. The van der Waals surface area contributed by atoms with Crippen molar-refractivity contribution >= 4 is 22.6 Å². The average molecular weight is 437 g/mol. The van der Waals surface area contributed by atoms with E-state index in [1.165, 1.54) is 11.7 Å². The van der Waals surface area contributed by atoms with E-state index in [4.69, 9.17) is 10.5 Å². The maximum absolute atomic E-state index is 15.3. The van der Waals surface area contributed by atoms with E-state index < -0.39 is 47.2 Å². The van der Waals surface area contributed by atoms with Gasteiger partial charge in [0, 0.05) is 37.2 Å². The molecule has 3 N–H and O–H groups in total. The maximum Gasteiger partial charge on any atom is 0.341 e. The minimum absolute atomic E-state index is 0.0184. The molecule has 2 saturated carbocycles. The Morgan fingerprint density at radius 2 is 2.16 bits per heavy atom. The van der Waals surface area contributed by atoms with Crippen LogP contribution in [-0.2, 0) is 0 Å². The number of ether oxygens (including phenoxy) is 1. The molecule has 7 nitrogen and oxygen atoms in total. The molecule has 0 spiro atoms. The van der Waals surface area contributed by atoms with Gasteiger partial charge in [0.1, 0.15) is 17.4 Å². The van der Waals surface area contributed by atoms with Crippen LogP contribution in [0.5, 0.6) is 5.75 Å². The number of carboxylic acid groups (broad SMARTS) is 1. The average Bonchev–Trinajstić information content (AvgIpc) is 3.38. The van der Waals surface area contributed by atoms with Crippen LogP contribution < -0.4 is 20.8 Å². The highest BCUT2D eigenvalue weighted by atomic mass is 19.1. The van der Waals surface area contributed by atoms with E-state index in [0.29, 0.717) is 19.5 Å². The van der Waals surface area contributed by atoms with Crippen molar-refractivity contribution in [3.63, 3.8) is 0 Å². The number of benzene rings is 1. The van der Waals surface area contributed by atoms with Crippen LogP contribution in [0.1, 0.15) is 29.2 Å². The predicted octanol–water partition coefficient (Wildman–Crippen LogP) is 2.25. The molecule has 5 atom stereocenters. The van der Waals surface area contributed by atoms with Gasteiger partial charge < -0.3 is 25.0 Å². The quantitative estimate of drug-likeness (QED) is 0.745. The Hall–Kier alpha value is -2.75. The van der Waals surface area contributed by atoms with Gasteiger partial charge in [-0.15, -0.1) is 0 Å². The highest BCUT2D eigenvalue weighted by molar-refractivity contribution is 5.97. The second-order valence-corrected chi connectivity index (χ2v) is 8.88. The van der Waals surface area contributed by atoms with Gasteiger partial charge in [0.15, 0.2) is 11.6 Å². The molecule has 0 radical (unpaired) electrons. The molecular weight excluding hydrogens is 415 g/mol. The third-order valence-corrected chi connectivity index (χ3v) is 7.04. The van der Waals surface area contributed by atoms with E-state index in [1.54, 1.807) is 4.90 Å². The Morgan fingerprint density at radius 1 is 1.45 bits per heavy atom. The standard InChI is InChI=1S/C21H22F3N3O4/c1-31-19-16-10(18(28)11(20(29)30)6-27(16)15-3-13(15)23)2-14(24)17(19)26-7-12-9(5-22)4-21(12,25)8-26/h2,6,9,12-13,15H,3-5,7-8,25H2,1H3,(H,29,30)/t9?,12-,13-,15+,21+/m0/s1. The summed E-state index contributed by atoms with van der Waals surface area (Å²) in [7, 11) is 1.31. The number of aromatic carboxylic acids is 1. The van der Waals surface area contributed by atoms with E-state index in [0.717, 1.165) is 12.3 Å². The number of carboxylic acids is 1. The largest absolute Gasteiger partial charge is 0.492 e. The molecule has 2 aliphatic carbocycles. The molecular formula is C21H22F3N3O4. The first-order chi connectivity index (χ1) is 14.7. The number of nitrogens with two attached hydrogens (primary N) is 1. The van der Waals surface area contributed by atoms with Crippen molar-refractivity contribution in [2.24, 2.45) is 17.6 Å². The molecule has 5 rings (SSSR count). The van der Waals surface area contributed by atoms with Gasteiger partial charge in [-0.3, -0.25) is 9.18 Å². The lowest BCUT2D eigenvalue weighted by Gasteiger charge is -2.46. The Morgan fingerprint density at radius 3 is 2.74 bits per heavy atom. The van der Waals surface area contributed by atoms with Gasteiger partial charge in [-0.2, -0.15) is 0 Å². The van der Waals surface area contributed by atoms with Gasteiger partial charge in [0.05, 0.1) is 30.7 Å². The first-order valence-corrected chi connectivity index (χ1v) is 10.1. The molecule has 31 heavy (non-hydrogen) atoms. The van der Waals surface area contributed by atoms with Crippen LogP contribution in [0.3, 0.4) is 0 Å². The Labute approximate surface area is 175 Å². The third-order valence-electron chi connectivity index (χ3n) is 7.04. The Balaban J connectivity index is 1.73. The molecule has 166 valence electrons. The first kappa shape index (κ1) is 20.2. The van der Waals surface area contributed by atoms with Crippen LogP contribution in [0.15, 0.2) is 17.1 Å². The second kappa shape index (κ2) is 6.62. The predicted molar refractivity (Wildman–Crippen MR) is 107 cm³/mol. The van der Waals surface area contributed by atoms with Crippen molar-refractivity contribution in [2.45, 2.75) is 30.6 Å². The number of alkyl halides is 2. The van der Waals surface area contributed by atoms with Crippen molar-refractivity contribution < 1.29 is 27.8 Å². The number of halogens is 3. The van der Waals surface area contributed by atoms with E-state index in [9.17, 15) is 23.5 Å². The van der Waals surface area contributed by atoms with Crippen LogP contribution in [-0.4, -0.2) is 54.2 Å². The Kier molecular flexibility index (Phi) is 4.31. The molecule has 3 fully saturated rings. The molecule has 1 unspecified atom stereocenters. The second-order valence-electron chi connectivity index (χ2n) is 8.88. The Bertz CT molecular complexity index is 1170. The number of aromatic nitrogens is 1. The minimum Gasteiger partial charge on any atom is -0.492 e. The zero-order chi connectivity index (χ0) is 22.2. The van der Waals surface area contributed by atoms with Crippen molar-refractivity contribution in [2.75, 3.05) is 31.8 Å². The van der Waals surface area contributed by atoms with Crippen LogP contribution in [0.2, 0.25) is 0 Å². The summed E-state index contributed by atoms with van der Waals surface area (Å²) in [4.78, 5) is 26.0. The van der Waals surface area contributed by atoms with Crippen LogP contribution in [0.4, 0.5) is 18.9 Å². The number of methoxy groups -OCH3 is 1. The fourth-order valence-electron chi connectivity index (χ4n) is 5.38. The number of hydrogen-bond acceptors (Lipinski definition) is 5. The van der Waals surface area contributed by atoms with Gasteiger partial charge in [0.2, 0.25) is 5.43 Å². The van der Waals surface area contributed by atoms with Crippen LogP contribution in [0, 0.1) is 17.7 Å². The molecule has 2 heterocycles. The van der Waals surface area contributed by atoms with Gasteiger partial charge >= 0.3 is 5.97 Å². The van der Waals surface area contributed by atoms with Crippen molar-refractivity contribution in [3.8, 4) is 5.75 Å². The monoisotopic (exact) mass is 437 g/mol. The number of carbonyl (C=O) groups is 1. The summed E-state index contributed by atoms with van der Waals surface area (Å²) in [5, 5.41) is 9.21. The number of pyridine rings is 1. The van der Waals surface area contributed by atoms with E-state index in [-0.39, 0.29) is 40.6 Å². The van der Waals surface area contributed by atoms with E-state index >= 15 is 4.39 Å². The molecule has 1 saturated heterocycles. The lowest BCUT2D eigenvalue weighted by atomic mass is 9.62. The summed E-state index contributed by atoms with van der Waals surface area (Å²) in [6, 6.07) is 0.310. The molecule has 1 aromatic heterocycles. The van der Waals surface area contributed by atoms with Gasteiger partial charge in [-0.1, -0.05) is 0 Å². The molecule has 10 heteroatoms. The summed E-state index contributed by atoms with van der Waals surface area (Å²) in [5.74, 6) is -2.54. The summed E-state index contributed by atoms with van der Waals surface area (Å²) < 4.78 is 49.4. The number of fused-ring (bicyclic) bond motifs is 2. The fourth-order valence-corrected chi connectivity index (χ4v) is 5.38. The van der Waals surface area contributed by atoms with Crippen LogP contribution >= 0.6 is 0 Å². The number of rotatable bonds is 5. The molecule has 0 bridgehead atoms. The summed E-state index contributed by atoms with van der Waals surface area (Å²) in [5.41, 5.74) is 4.55. The van der Waals surface area contributed by atoms with E-state index in [2.05, 4.69) is 0 Å². The smallest absolute Gasteiger partial charge is 0.341 e. The van der Waals surface area contributed by atoms with Gasteiger partial charge in [-0.05, 0) is 18.4 Å². The van der Waals surface area contributed by atoms with E-state index in [1.807, 2.05) is 0 Å². The number of anilines is 1. The fraction of sp³-hybridized carbons (Fsp3) is 0.524. The SMILES string of the molecule is COc1c(N2C[C@H]3C(CF)C[C@@]3(N)C2)c(F)cc2c(=O)c(C(=O)O)cn([C@@H]3C[C@@H]3F)c12. The van der Waals surface area contributed by atoms with Crippen LogP contribution in [0.25, 0.3) is 10.9 Å². The topological polar surface area (TPSA) is 97.8 Å². The lowest BCUT2D eigenvalue weighted by Crippen LogP contribution is -2.60. The molecule has 2 aromatic rings. The molecule has 1 aliphatic heterocycles. The van der Waals surface area contributed by atoms with Gasteiger partial charge in [-0.25, -0.2) is 13.6 Å². The normalized spacial score (nSPS) is 31.5.